The van der Waals surface area contributed by atoms with Gasteiger partial charge in [-0.1, -0.05) is 30.4 Å². The van der Waals surface area contributed by atoms with Crippen molar-refractivity contribution in [3.8, 4) is 0 Å². The van der Waals surface area contributed by atoms with E-state index in [-0.39, 0.29) is 12.5 Å². The molecule has 0 bridgehead atoms. The molecular weight excluding hydrogens is 400 g/mol. The minimum Gasteiger partial charge on any atom is -0.465 e. The van der Waals surface area contributed by atoms with Crippen LogP contribution in [0.4, 0.5) is 0 Å². The van der Waals surface area contributed by atoms with Crippen molar-refractivity contribution in [2.45, 2.75) is 33.7 Å². The third kappa shape index (κ3) is 3.66. The fourth-order valence-electron chi connectivity index (χ4n) is 3.42. The van der Waals surface area contributed by atoms with Gasteiger partial charge in [0.1, 0.15) is 17.9 Å². The number of ether oxygens (including phenoxy) is 1. The zero-order valence-corrected chi connectivity index (χ0v) is 17.9. The van der Waals surface area contributed by atoms with Crippen LogP contribution in [-0.4, -0.2) is 32.4 Å². The van der Waals surface area contributed by atoms with Crippen LogP contribution in [0.1, 0.15) is 35.6 Å². The molecule has 0 fully saturated rings. The average Bonchev–Trinajstić information content (AvgIpc) is 3.24. The first-order valence-electron chi connectivity index (χ1n) is 9.82. The number of aromatic nitrogens is 3. The third-order valence-electron chi connectivity index (χ3n) is 4.85. The summed E-state index contributed by atoms with van der Waals surface area (Å²) in [6.45, 7) is 5.94. The number of amides is 1. The molecule has 3 aromatic heterocycles. The molecule has 4 rings (SSSR count). The maximum absolute atomic E-state index is 13.1. The third-order valence-corrected chi connectivity index (χ3v) is 5.89. The van der Waals surface area contributed by atoms with Crippen LogP contribution in [0.3, 0.4) is 0 Å². The number of thiazole rings is 1. The Morgan fingerprint density at radius 2 is 2.03 bits per heavy atom. The average molecular weight is 423 g/mol. The van der Waals surface area contributed by atoms with Crippen molar-refractivity contribution < 1.29 is 14.3 Å². The van der Waals surface area contributed by atoms with Crippen LogP contribution in [0.25, 0.3) is 15.9 Å². The number of nitrogens with zero attached hydrogens (tertiary/aromatic N) is 4. The normalized spacial score (nSPS) is 12.0. The summed E-state index contributed by atoms with van der Waals surface area (Å²) >= 11 is 1.39. The van der Waals surface area contributed by atoms with Gasteiger partial charge in [-0.15, -0.1) is 0 Å². The largest absolute Gasteiger partial charge is 0.465 e. The number of carbonyl (C=O) groups is 2. The second-order valence-electron chi connectivity index (χ2n) is 6.82. The first kappa shape index (κ1) is 20.0. The lowest BCUT2D eigenvalue weighted by Crippen LogP contribution is -2.23. The summed E-state index contributed by atoms with van der Waals surface area (Å²) in [6.07, 6.45) is 2.70. The van der Waals surface area contributed by atoms with Crippen molar-refractivity contribution in [1.29, 1.82) is 0 Å². The molecule has 7 nitrogen and oxygen atoms in total. The van der Waals surface area contributed by atoms with Crippen LogP contribution < -0.4 is 4.80 Å². The number of fused-ring (bicyclic) bond motifs is 2. The second kappa shape index (κ2) is 8.23. The fraction of sp³-hybridized carbons (Fsp3) is 0.273. The Hall–Kier alpha value is -3.26. The molecular formula is C22H22N4O3S. The van der Waals surface area contributed by atoms with Crippen LogP contribution in [-0.2, 0) is 22.5 Å². The lowest BCUT2D eigenvalue weighted by Gasteiger charge is -2.05. The van der Waals surface area contributed by atoms with Gasteiger partial charge in [0.2, 0.25) is 0 Å². The van der Waals surface area contributed by atoms with E-state index < -0.39 is 5.91 Å². The van der Waals surface area contributed by atoms with Crippen molar-refractivity contribution in [3.63, 3.8) is 0 Å². The van der Waals surface area contributed by atoms with Crippen molar-refractivity contribution in [3.05, 3.63) is 64.3 Å². The molecule has 30 heavy (non-hydrogen) atoms. The SMILES string of the molecule is CCOC(=O)Cn1c(=NC(=O)c2c(C)nc3ccccn23)sc2cc(CC)ccc21. The standard InChI is InChI=1S/C22H22N4O3S/c1-4-15-9-10-16-17(12-15)30-22(26(16)13-19(27)29-5-2)24-21(28)20-14(3)23-18-8-6-7-11-25(18)20/h6-12H,4-5,13H2,1-3H3. The molecule has 0 aliphatic carbocycles. The van der Waals surface area contributed by atoms with E-state index in [9.17, 15) is 9.59 Å². The number of rotatable bonds is 5. The van der Waals surface area contributed by atoms with Gasteiger partial charge in [-0.2, -0.15) is 4.99 Å². The Labute approximate surface area is 177 Å². The molecule has 1 amide bonds. The molecule has 0 saturated carbocycles. The Bertz CT molecular complexity index is 1330. The van der Waals surface area contributed by atoms with Crippen LogP contribution >= 0.6 is 11.3 Å². The minimum atomic E-state index is -0.397. The zero-order valence-electron chi connectivity index (χ0n) is 17.1. The summed E-state index contributed by atoms with van der Waals surface area (Å²) in [6, 6.07) is 11.6. The minimum absolute atomic E-state index is 0.00242. The Morgan fingerprint density at radius 1 is 1.20 bits per heavy atom. The van der Waals surface area contributed by atoms with Gasteiger partial charge in [-0.3, -0.25) is 14.0 Å². The maximum Gasteiger partial charge on any atom is 0.326 e. The maximum atomic E-state index is 13.1. The van der Waals surface area contributed by atoms with Gasteiger partial charge in [-0.25, -0.2) is 4.98 Å². The van der Waals surface area contributed by atoms with Crippen molar-refractivity contribution >= 4 is 39.1 Å². The second-order valence-corrected chi connectivity index (χ2v) is 7.83. The quantitative estimate of drug-likeness (QED) is 0.461. The van der Waals surface area contributed by atoms with E-state index in [0.29, 0.717) is 28.4 Å². The summed E-state index contributed by atoms with van der Waals surface area (Å²) in [4.78, 5) is 34.6. The number of pyridine rings is 1. The van der Waals surface area contributed by atoms with Crippen LogP contribution in [0.5, 0.6) is 0 Å². The highest BCUT2D eigenvalue weighted by Gasteiger charge is 2.18. The van der Waals surface area contributed by atoms with E-state index >= 15 is 0 Å². The van der Waals surface area contributed by atoms with Gasteiger partial charge in [0, 0.05) is 6.20 Å². The number of imidazole rings is 1. The van der Waals surface area contributed by atoms with Crippen molar-refractivity contribution in [1.82, 2.24) is 14.0 Å². The number of esters is 1. The number of carbonyl (C=O) groups excluding carboxylic acids is 2. The van der Waals surface area contributed by atoms with E-state index in [2.05, 4.69) is 23.0 Å². The molecule has 0 atom stereocenters. The van der Waals surface area contributed by atoms with Gasteiger partial charge in [-0.05, 0) is 50.1 Å². The molecule has 0 spiro atoms. The Balaban J connectivity index is 1.87. The molecule has 0 aliphatic heterocycles. The molecule has 8 heteroatoms. The molecule has 4 aromatic rings. The molecule has 1 aromatic carbocycles. The first-order chi connectivity index (χ1) is 14.5. The smallest absolute Gasteiger partial charge is 0.326 e. The van der Waals surface area contributed by atoms with E-state index in [4.69, 9.17) is 4.74 Å². The van der Waals surface area contributed by atoms with E-state index in [1.54, 1.807) is 29.0 Å². The highest BCUT2D eigenvalue weighted by atomic mass is 32.1. The predicted octanol–water partition coefficient (Wildman–Crippen LogP) is 3.53. The Kier molecular flexibility index (Phi) is 5.50. The summed E-state index contributed by atoms with van der Waals surface area (Å²) in [5, 5.41) is 0. The van der Waals surface area contributed by atoms with Crippen LogP contribution in [0.15, 0.2) is 47.6 Å². The molecule has 3 heterocycles. The van der Waals surface area contributed by atoms with Crippen LogP contribution in [0.2, 0.25) is 0 Å². The molecule has 0 N–H and O–H groups in total. The highest BCUT2D eigenvalue weighted by Crippen LogP contribution is 2.20. The molecule has 0 unspecified atom stereocenters. The molecule has 154 valence electrons. The molecule has 0 radical (unpaired) electrons. The molecule has 0 saturated heterocycles. The molecule has 0 aliphatic rings. The number of benzene rings is 1. The van der Waals surface area contributed by atoms with Crippen LogP contribution in [0, 0.1) is 6.92 Å². The topological polar surface area (TPSA) is 78.0 Å². The highest BCUT2D eigenvalue weighted by molar-refractivity contribution is 7.16. The first-order valence-corrected chi connectivity index (χ1v) is 10.6. The number of aryl methyl sites for hydroxylation is 2. The zero-order chi connectivity index (χ0) is 21.3. The van der Waals surface area contributed by atoms with E-state index in [1.165, 1.54) is 16.9 Å². The lowest BCUT2D eigenvalue weighted by atomic mass is 10.2. The summed E-state index contributed by atoms with van der Waals surface area (Å²) in [5.74, 6) is -0.761. The lowest BCUT2D eigenvalue weighted by molar-refractivity contribution is -0.143. The summed E-state index contributed by atoms with van der Waals surface area (Å²) < 4.78 is 9.57. The van der Waals surface area contributed by atoms with Crippen molar-refractivity contribution in [2.24, 2.45) is 4.99 Å². The monoisotopic (exact) mass is 422 g/mol. The number of hydrogen-bond donors (Lipinski definition) is 0. The van der Waals surface area contributed by atoms with Gasteiger partial charge >= 0.3 is 5.97 Å². The summed E-state index contributed by atoms with van der Waals surface area (Å²) in [7, 11) is 0. The van der Waals surface area contributed by atoms with Gasteiger partial charge in [0.25, 0.3) is 5.91 Å². The van der Waals surface area contributed by atoms with E-state index in [0.717, 1.165) is 16.6 Å². The fourth-order valence-corrected chi connectivity index (χ4v) is 4.51. The Morgan fingerprint density at radius 3 is 2.80 bits per heavy atom. The van der Waals surface area contributed by atoms with Gasteiger partial charge in [0.05, 0.1) is 22.5 Å². The summed E-state index contributed by atoms with van der Waals surface area (Å²) in [5.41, 5.74) is 3.76. The predicted molar refractivity (Wildman–Crippen MR) is 116 cm³/mol. The number of hydrogen-bond acceptors (Lipinski definition) is 5. The van der Waals surface area contributed by atoms with E-state index in [1.807, 2.05) is 30.3 Å². The van der Waals surface area contributed by atoms with Crippen molar-refractivity contribution in [2.75, 3.05) is 6.61 Å². The van der Waals surface area contributed by atoms with Gasteiger partial charge in [0.15, 0.2) is 4.80 Å². The van der Waals surface area contributed by atoms with Gasteiger partial charge < -0.3 is 9.30 Å².